The Morgan fingerprint density at radius 1 is 1.05 bits per heavy atom. The van der Waals surface area contributed by atoms with Crippen LogP contribution in [-0.2, 0) is 16.6 Å². The van der Waals surface area contributed by atoms with Crippen molar-refractivity contribution >= 4 is 10.2 Å². The molecule has 2 N–H and O–H groups in total. The van der Waals surface area contributed by atoms with E-state index in [1.165, 1.54) is 11.1 Å². The van der Waals surface area contributed by atoms with Gasteiger partial charge in [0.25, 0.3) is 10.2 Å². The smallest absolute Gasteiger partial charge is 0.202 e. The zero-order valence-corrected chi connectivity index (χ0v) is 13.2. The molecule has 1 unspecified atom stereocenters. The van der Waals surface area contributed by atoms with Crippen LogP contribution in [-0.4, -0.2) is 21.0 Å². The summed E-state index contributed by atoms with van der Waals surface area (Å²) >= 11 is 0. The molecule has 0 bridgehead atoms. The van der Waals surface area contributed by atoms with Crippen LogP contribution < -0.4 is 9.44 Å². The standard InChI is InChI=1S/C16H24N2O2S/c19-21(20,18-15-9-2-3-10-15)17-12-14-8-5-7-13-6-1-4-11-16(13)14/h1,4,6,11,14-15,17-18H,2-3,5,7-10,12H2. The van der Waals surface area contributed by atoms with Crippen LogP contribution in [0.25, 0.3) is 0 Å². The predicted octanol–water partition coefficient (Wildman–Crippen LogP) is 2.47. The summed E-state index contributed by atoms with van der Waals surface area (Å²) < 4.78 is 29.8. The molecule has 0 radical (unpaired) electrons. The molecule has 116 valence electrons. The second-order valence-electron chi connectivity index (χ2n) is 6.24. The molecule has 21 heavy (non-hydrogen) atoms. The summed E-state index contributed by atoms with van der Waals surface area (Å²) in [6.45, 7) is 0.499. The van der Waals surface area contributed by atoms with E-state index in [4.69, 9.17) is 0 Å². The van der Waals surface area contributed by atoms with E-state index >= 15 is 0 Å². The van der Waals surface area contributed by atoms with Crippen LogP contribution in [0.15, 0.2) is 24.3 Å². The Bertz CT molecular complexity index is 580. The first kappa shape index (κ1) is 15.0. The summed E-state index contributed by atoms with van der Waals surface area (Å²) in [6, 6.07) is 8.53. The van der Waals surface area contributed by atoms with Crippen molar-refractivity contribution in [3.8, 4) is 0 Å². The Hall–Kier alpha value is -0.910. The molecule has 4 nitrogen and oxygen atoms in total. The molecular weight excluding hydrogens is 284 g/mol. The molecule has 2 aliphatic carbocycles. The Morgan fingerprint density at radius 2 is 1.81 bits per heavy atom. The van der Waals surface area contributed by atoms with E-state index in [2.05, 4.69) is 27.6 Å². The number of hydrogen-bond donors (Lipinski definition) is 2. The van der Waals surface area contributed by atoms with Gasteiger partial charge in [0.15, 0.2) is 0 Å². The number of nitrogens with one attached hydrogen (secondary N) is 2. The fourth-order valence-electron chi connectivity index (χ4n) is 3.58. The minimum atomic E-state index is -3.37. The molecule has 2 aliphatic rings. The number of rotatable bonds is 5. The van der Waals surface area contributed by atoms with Crippen LogP contribution in [0.3, 0.4) is 0 Å². The Morgan fingerprint density at radius 3 is 2.62 bits per heavy atom. The highest BCUT2D eigenvalue weighted by atomic mass is 32.2. The monoisotopic (exact) mass is 308 g/mol. The molecule has 5 heteroatoms. The van der Waals surface area contributed by atoms with Crippen molar-refractivity contribution < 1.29 is 8.42 Å². The van der Waals surface area contributed by atoms with E-state index in [-0.39, 0.29) is 6.04 Å². The van der Waals surface area contributed by atoms with E-state index in [1.54, 1.807) is 0 Å². The first-order valence-electron chi connectivity index (χ1n) is 7.99. The molecule has 0 saturated heterocycles. The second kappa shape index (κ2) is 6.46. The zero-order chi connectivity index (χ0) is 14.7. The lowest BCUT2D eigenvalue weighted by atomic mass is 9.83. The van der Waals surface area contributed by atoms with E-state index in [1.807, 2.05) is 6.07 Å². The van der Waals surface area contributed by atoms with Crippen molar-refractivity contribution in [2.45, 2.75) is 56.9 Å². The summed E-state index contributed by atoms with van der Waals surface area (Å²) in [4.78, 5) is 0. The van der Waals surface area contributed by atoms with Gasteiger partial charge in [0.2, 0.25) is 0 Å². The lowest BCUT2D eigenvalue weighted by Gasteiger charge is -2.26. The molecule has 0 heterocycles. The van der Waals surface area contributed by atoms with Gasteiger partial charge in [0.05, 0.1) is 0 Å². The normalized spacial score (nSPS) is 23.1. The van der Waals surface area contributed by atoms with Crippen LogP contribution in [0.5, 0.6) is 0 Å². The van der Waals surface area contributed by atoms with Gasteiger partial charge >= 0.3 is 0 Å². The topological polar surface area (TPSA) is 58.2 Å². The molecular formula is C16H24N2O2S. The van der Waals surface area contributed by atoms with Crippen LogP contribution in [0.4, 0.5) is 0 Å². The van der Waals surface area contributed by atoms with Crippen molar-refractivity contribution in [3.05, 3.63) is 35.4 Å². The summed E-state index contributed by atoms with van der Waals surface area (Å²) in [5, 5.41) is 0. The molecule has 1 aromatic carbocycles. The van der Waals surface area contributed by atoms with Gasteiger partial charge in [-0.15, -0.1) is 0 Å². The van der Waals surface area contributed by atoms with Crippen molar-refractivity contribution in [1.29, 1.82) is 0 Å². The lowest BCUT2D eigenvalue weighted by Crippen LogP contribution is -2.43. The largest absolute Gasteiger partial charge is 0.277 e. The van der Waals surface area contributed by atoms with Gasteiger partial charge in [0.1, 0.15) is 0 Å². The fraction of sp³-hybridized carbons (Fsp3) is 0.625. The van der Waals surface area contributed by atoms with Crippen LogP contribution in [0, 0.1) is 0 Å². The third kappa shape index (κ3) is 3.84. The van der Waals surface area contributed by atoms with Gasteiger partial charge in [-0.1, -0.05) is 37.1 Å². The van der Waals surface area contributed by atoms with E-state index < -0.39 is 10.2 Å². The molecule has 1 saturated carbocycles. The van der Waals surface area contributed by atoms with Crippen molar-refractivity contribution in [2.75, 3.05) is 6.54 Å². The van der Waals surface area contributed by atoms with Crippen LogP contribution in [0.2, 0.25) is 0 Å². The molecule has 1 fully saturated rings. The molecule has 1 aromatic rings. The number of fused-ring (bicyclic) bond motifs is 1. The zero-order valence-electron chi connectivity index (χ0n) is 12.3. The van der Waals surface area contributed by atoms with E-state index in [0.29, 0.717) is 12.5 Å². The van der Waals surface area contributed by atoms with Gasteiger partial charge < -0.3 is 0 Å². The van der Waals surface area contributed by atoms with Crippen molar-refractivity contribution in [1.82, 2.24) is 9.44 Å². The van der Waals surface area contributed by atoms with E-state index in [9.17, 15) is 8.42 Å². The fourth-order valence-corrected chi connectivity index (χ4v) is 4.76. The second-order valence-corrected chi connectivity index (χ2v) is 7.77. The Labute approximate surface area is 127 Å². The lowest BCUT2D eigenvalue weighted by molar-refractivity contribution is 0.511. The summed E-state index contributed by atoms with van der Waals surface area (Å²) in [5.74, 6) is 0.301. The van der Waals surface area contributed by atoms with Gasteiger partial charge in [-0.3, -0.25) is 0 Å². The summed E-state index contributed by atoms with van der Waals surface area (Å²) in [5.41, 5.74) is 2.68. The molecule has 1 atom stereocenters. The van der Waals surface area contributed by atoms with Crippen LogP contribution in [0.1, 0.15) is 55.6 Å². The van der Waals surface area contributed by atoms with Crippen LogP contribution >= 0.6 is 0 Å². The average molecular weight is 308 g/mol. The van der Waals surface area contributed by atoms with Gasteiger partial charge in [-0.05, 0) is 49.1 Å². The number of hydrogen-bond acceptors (Lipinski definition) is 2. The maximum atomic E-state index is 12.1. The molecule has 3 rings (SSSR count). The maximum absolute atomic E-state index is 12.1. The van der Waals surface area contributed by atoms with Crippen molar-refractivity contribution in [2.24, 2.45) is 0 Å². The first-order chi connectivity index (χ1) is 10.1. The minimum Gasteiger partial charge on any atom is -0.202 e. The third-order valence-corrected chi connectivity index (χ3v) is 5.88. The third-order valence-electron chi connectivity index (χ3n) is 4.69. The highest BCUT2D eigenvalue weighted by molar-refractivity contribution is 7.87. The van der Waals surface area contributed by atoms with Gasteiger partial charge in [-0.2, -0.15) is 13.1 Å². The average Bonchev–Trinajstić information content (AvgIpc) is 2.97. The highest BCUT2D eigenvalue weighted by Gasteiger charge is 2.24. The summed E-state index contributed by atoms with van der Waals surface area (Å²) in [6.07, 6.45) is 7.49. The number of benzene rings is 1. The highest BCUT2D eigenvalue weighted by Crippen LogP contribution is 2.30. The summed E-state index contributed by atoms with van der Waals surface area (Å²) in [7, 11) is -3.37. The Kier molecular flexibility index (Phi) is 4.62. The quantitative estimate of drug-likeness (QED) is 0.878. The van der Waals surface area contributed by atoms with E-state index in [0.717, 1.165) is 44.9 Å². The predicted molar refractivity (Wildman–Crippen MR) is 84.4 cm³/mol. The van der Waals surface area contributed by atoms with Crippen molar-refractivity contribution in [3.63, 3.8) is 0 Å². The minimum absolute atomic E-state index is 0.126. The molecule has 0 aliphatic heterocycles. The molecule has 0 spiro atoms. The molecule has 0 amide bonds. The molecule has 0 aromatic heterocycles. The SMILES string of the molecule is O=S(=O)(NCC1CCCc2ccccc21)NC1CCCC1. The number of aryl methyl sites for hydroxylation is 1. The first-order valence-corrected chi connectivity index (χ1v) is 9.47. The van der Waals surface area contributed by atoms with Gasteiger partial charge in [-0.25, -0.2) is 4.72 Å². The Balaban J connectivity index is 1.60. The maximum Gasteiger partial charge on any atom is 0.277 e. The van der Waals surface area contributed by atoms with Gasteiger partial charge in [0, 0.05) is 12.6 Å².